The molecule has 2 amide bonds. The minimum absolute atomic E-state index is 0.0560. The van der Waals surface area contributed by atoms with Crippen LogP contribution in [0.1, 0.15) is 36.1 Å². The molecular formula is C29H25NO6S. The zero-order chi connectivity index (χ0) is 26.0. The van der Waals surface area contributed by atoms with Gasteiger partial charge in [0, 0.05) is 33.1 Å². The number of imide groups is 1. The first-order valence-electron chi connectivity index (χ1n) is 12.3. The van der Waals surface area contributed by atoms with Crippen LogP contribution in [0.2, 0.25) is 0 Å². The van der Waals surface area contributed by atoms with Gasteiger partial charge >= 0.3 is 0 Å². The number of likely N-dealkylation sites (tertiary alicyclic amines) is 1. The van der Waals surface area contributed by atoms with Crippen LogP contribution in [0.25, 0.3) is 0 Å². The van der Waals surface area contributed by atoms with E-state index in [0.717, 1.165) is 10.5 Å². The molecule has 0 radical (unpaired) electrons. The highest BCUT2D eigenvalue weighted by molar-refractivity contribution is 7.09. The molecule has 1 aromatic heterocycles. The summed E-state index contributed by atoms with van der Waals surface area (Å²) in [5.74, 6) is -2.96. The van der Waals surface area contributed by atoms with Crippen LogP contribution >= 0.6 is 11.3 Å². The number of fused-ring (bicyclic) bond motifs is 3. The van der Waals surface area contributed by atoms with Gasteiger partial charge in [-0.3, -0.25) is 24.1 Å². The number of carbonyl (C=O) groups is 4. The fraction of sp³-hybridized carbons (Fsp3) is 0.310. The van der Waals surface area contributed by atoms with Crippen molar-refractivity contribution in [3.8, 4) is 11.5 Å². The van der Waals surface area contributed by atoms with Crippen molar-refractivity contribution in [1.82, 2.24) is 4.90 Å². The summed E-state index contributed by atoms with van der Waals surface area (Å²) in [7, 11) is 1.48. The standard InChI is InChI=1S/C29H25NO6S/c1-14-11-21(32)24-19(27(14)33)12-18-16(25(24)26-20(31)6-3-7-22(26)36-2)8-9-17-23(18)29(35)30(28(17)34)13-15-5-4-10-37-15/h3-8,10-11,17-18,23,25,31H,9,12-13H2,1-2H3/t17-,18+,23-,25-/m0/s1. The fourth-order valence-electron chi connectivity index (χ4n) is 6.49. The number of phenols is 1. The third kappa shape index (κ3) is 3.46. The molecule has 2 aromatic rings. The lowest BCUT2D eigenvalue weighted by Crippen LogP contribution is -2.39. The van der Waals surface area contributed by atoms with Gasteiger partial charge in [0.15, 0.2) is 11.6 Å². The molecule has 0 bridgehead atoms. The molecule has 1 aromatic carbocycles. The molecule has 1 aliphatic heterocycles. The van der Waals surface area contributed by atoms with E-state index >= 15 is 0 Å². The SMILES string of the molecule is COc1cccc(O)c1[C@H]1C2=CC[C@@H]3C(=O)N(Cc4cccs4)C(=O)[C@@H]3[C@@H]2CC2=C1C(=O)C=C(C)C2=O. The van der Waals surface area contributed by atoms with E-state index in [-0.39, 0.29) is 42.1 Å². The highest BCUT2D eigenvalue weighted by Crippen LogP contribution is 2.57. The van der Waals surface area contributed by atoms with Crippen molar-refractivity contribution < 1.29 is 29.0 Å². The number of rotatable bonds is 4. The highest BCUT2D eigenvalue weighted by atomic mass is 32.1. The van der Waals surface area contributed by atoms with Crippen molar-refractivity contribution in [3.05, 3.63) is 80.6 Å². The van der Waals surface area contributed by atoms with Crippen LogP contribution in [-0.4, -0.2) is 40.5 Å². The minimum atomic E-state index is -0.749. The van der Waals surface area contributed by atoms with E-state index in [2.05, 4.69) is 0 Å². The first-order chi connectivity index (χ1) is 17.8. The van der Waals surface area contributed by atoms with E-state index in [1.165, 1.54) is 35.5 Å². The van der Waals surface area contributed by atoms with Gasteiger partial charge in [-0.2, -0.15) is 0 Å². The van der Waals surface area contributed by atoms with Gasteiger partial charge in [0.25, 0.3) is 0 Å². The van der Waals surface area contributed by atoms with Crippen molar-refractivity contribution in [2.75, 3.05) is 7.11 Å². The molecule has 1 N–H and O–H groups in total. The lowest BCUT2D eigenvalue weighted by atomic mass is 9.59. The molecule has 7 nitrogen and oxygen atoms in total. The molecule has 4 aliphatic rings. The van der Waals surface area contributed by atoms with Crippen LogP contribution in [0.5, 0.6) is 11.5 Å². The number of phenolic OH excluding ortho intramolecular Hbond substituents is 1. The lowest BCUT2D eigenvalue weighted by molar-refractivity contribution is -0.140. The Morgan fingerprint density at radius 1 is 1.08 bits per heavy atom. The summed E-state index contributed by atoms with van der Waals surface area (Å²) in [4.78, 5) is 56.1. The summed E-state index contributed by atoms with van der Waals surface area (Å²) >= 11 is 1.49. The van der Waals surface area contributed by atoms with E-state index in [1.807, 2.05) is 23.6 Å². The molecule has 6 rings (SSSR count). The smallest absolute Gasteiger partial charge is 0.234 e. The molecule has 0 saturated carbocycles. The van der Waals surface area contributed by atoms with Gasteiger partial charge in [-0.1, -0.05) is 23.8 Å². The summed E-state index contributed by atoms with van der Waals surface area (Å²) < 4.78 is 5.57. The van der Waals surface area contributed by atoms with Crippen LogP contribution < -0.4 is 4.74 Å². The molecule has 0 spiro atoms. The second kappa shape index (κ2) is 8.66. The van der Waals surface area contributed by atoms with E-state index < -0.39 is 23.7 Å². The third-order valence-electron chi connectivity index (χ3n) is 8.10. The summed E-state index contributed by atoms with van der Waals surface area (Å²) in [5.41, 5.74) is 2.21. The summed E-state index contributed by atoms with van der Waals surface area (Å²) in [6, 6.07) is 8.67. The number of methoxy groups -OCH3 is 1. The number of nitrogens with zero attached hydrogens (tertiary/aromatic N) is 1. The van der Waals surface area contributed by atoms with Gasteiger partial charge < -0.3 is 9.84 Å². The number of hydrogen-bond donors (Lipinski definition) is 1. The van der Waals surface area contributed by atoms with E-state index in [9.17, 15) is 24.3 Å². The Hall–Kier alpha value is -3.78. The molecule has 37 heavy (non-hydrogen) atoms. The Bertz CT molecular complexity index is 1460. The maximum Gasteiger partial charge on any atom is 0.234 e. The first kappa shape index (κ1) is 23.6. The number of ether oxygens (including phenoxy) is 1. The van der Waals surface area contributed by atoms with Crippen molar-refractivity contribution in [2.45, 2.75) is 32.2 Å². The largest absolute Gasteiger partial charge is 0.507 e. The van der Waals surface area contributed by atoms with Crippen molar-refractivity contribution in [2.24, 2.45) is 17.8 Å². The third-order valence-corrected chi connectivity index (χ3v) is 8.96. The van der Waals surface area contributed by atoms with Crippen molar-refractivity contribution >= 4 is 34.7 Å². The van der Waals surface area contributed by atoms with E-state index in [1.54, 1.807) is 19.1 Å². The summed E-state index contributed by atoms with van der Waals surface area (Å²) in [5, 5.41) is 12.9. The molecule has 3 aliphatic carbocycles. The topological polar surface area (TPSA) is 101 Å². The Morgan fingerprint density at radius 2 is 1.89 bits per heavy atom. The van der Waals surface area contributed by atoms with Crippen molar-refractivity contribution in [1.29, 1.82) is 0 Å². The Kier molecular flexibility index (Phi) is 5.53. The number of benzene rings is 1. The van der Waals surface area contributed by atoms with E-state index in [4.69, 9.17) is 4.74 Å². The number of hydrogen-bond acceptors (Lipinski definition) is 7. The van der Waals surface area contributed by atoms with Gasteiger partial charge in [0.2, 0.25) is 11.8 Å². The fourth-order valence-corrected chi connectivity index (χ4v) is 7.19. The second-order valence-electron chi connectivity index (χ2n) is 9.96. The molecule has 188 valence electrons. The molecule has 4 atom stereocenters. The van der Waals surface area contributed by atoms with Gasteiger partial charge in [-0.05, 0) is 55.3 Å². The molecule has 2 heterocycles. The maximum atomic E-state index is 13.8. The Balaban J connectivity index is 1.50. The number of amides is 2. The normalized spacial score (nSPS) is 27.0. The predicted octanol–water partition coefficient (Wildman–Crippen LogP) is 4.09. The minimum Gasteiger partial charge on any atom is -0.507 e. The predicted molar refractivity (Wildman–Crippen MR) is 136 cm³/mol. The van der Waals surface area contributed by atoms with Gasteiger partial charge in [-0.25, -0.2) is 0 Å². The average molecular weight is 516 g/mol. The zero-order valence-corrected chi connectivity index (χ0v) is 21.2. The first-order valence-corrected chi connectivity index (χ1v) is 13.1. The van der Waals surface area contributed by atoms with Gasteiger partial charge in [0.05, 0.1) is 25.5 Å². The molecule has 0 unspecified atom stereocenters. The Labute approximate surface area is 217 Å². The number of carbonyl (C=O) groups excluding carboxylic acids is 4. The molecule has 1 fully saturated rings. The average Bonchev–Trinajstić information content (AvgIpc) is 3.49. The number of thiophene rings is 1. The second-order valence-corrected chi connectivity index (χ2v) is 11.0. The van der Waals surface area contributed by atoms with E-state index in [0.29, 0.717) is 34.5 Å². The number of aromatic hydroxyl groups is 1. The summed E-state index contributed by atoms with van der Waals surface area (Å²) in [6.07, 6.45) is 3.85. The lowest BCUT2D eigenvalue weighted by Gasteiger charge is -2.42. The van der Waals surface area contributed by atoms with Crippen LogP contribution in [0.3, 0.4) is 0 Å². The Morgan fingerprint density at radius 3 is 2.62 bits per heavy atom. The maximum absolute atomic E-state index is 13.8. The zero-order valence-electron chi connectivity index (χ0n) is 20.4. The number of ketones is 2. The molecular weight excluding hydrogens is 490 g/mol. The highest BCUT2D eigenvalue weighted by Gasteiger charge is 2.56. The number of allylic oxidation sites excluding steroid dienone is 6. The quantitative estimate of drug-likeness (QED) is 0.374. The summed E-state index contributed by atoms with van der Waals surface area (Å²) in [6.45, 7) is 1.84. The van der Waals surface area contributed by atoms with Crippen LogP contribution in [0, 0.1) is 17.8 Å². The van der Waals surface area contributed by atoms with Gasteiger partial charge in [0.1, 0.15) is 11.5 Å². The molecule has 8 heteroatoms. The van der Waals surface area contributed by atoms with Crippen LogP contribution in [-0.2, 0) is 25.7 Å². The number of Topliss-reactive ketones (excluding diaryl/α,β-unsaturated/α-hetero) is 1. The van der Waals surface area contributed by atoms with Crippen molar-refractivity contribution in [3.63, 3.8) is 0 Å². The van der Waals surface area contributed by atoms with Crippen LogP contribution in [0.4, 0.5) is 0 Å². The van der Waals surface area contributed by atoms with Gasteiger partial charge in [-0.15, -0.1) is 11.3 Å². The molecule has 1 saturated heterocycles. The van der Waals surface area contributed by atoms with Crippen LogP contribution in [0.15, 0.2) is 70.2 Å². The monoisotopic (exact) mass is 515 g/mol.